The molecule has 7 rings (SSSR count). The van der Waals surface area contributed by atoms with Gasteiger partial charge in [0.25, 0.3) is 0 Å². The van der Waals surface area contributed by atoms with E-state index in [0.29, 0.717) is 11.1 Å². The van der Waals surface area contributed by atoms with Crippen LogP contribution in [-0.2, 0) is 0 Å². The third kappa shape index (κ3) is 3.38. The predicted molar refractivity (Wildman–Crippen MR) is 147 cm³/mol. The van der Waals surface area contributed by atoms with Gasteiger partial charge in [-0.3, -0.25) is 0 Å². The smallest absolute Gasteiger partial charge is 0.194 e. The van der Waals surface area contributed by atoms with Gasteiger partial charge in [-0.1, -0.05) is 85.0 Å². The molecule has 0 saturated carbocycles. The van der Waals surface area contributed by atoms with Gasteiger partial charge in [0.05, 0.1) is 0 Å². The van der Waals surface area contributed by atoms with Gasteiger partial charge >= 0.3 is 0 Å². The van der Waals surface area contributed by atoms with Gasteiger partial charge in [0, 0.05) is 0 Å². The molecule has 0 amide bonds. The molecular formula is C34H21F3. The summed E-state index contributed by atoms with van der Waals surface area (Å²) in [4.78, 5) is 0. The molecule has 0 atom stereocenters. The first-order valence-electron chi connectivity index (χ1n) is 12.4. The zero-order valence-corrected chi connectivity index (χ0v) is 19.9. The summed E-state index contributed by atoms with van der Waals surface area (Å²) in [6.07, 6.45) is 8.73. The Balaban J connectivity index is 1.62. The van der Waals surface area contributed by atoms with Gasteiger partial charge in [-0.05, 0) is 96.7 Å². The van der Waals surface area contributed by atoms with Gasteiger partial charge in [-0.15, -0.1) is 0 Å². The number of halogens is 3. The van der Waals surface area contributed by atoms with Crippen molar-refractivity contribution in [2.45, 2.75) is 12.8 Å². The fourth-order valence-corrected chi connectivity index (χ4v) is 5.77. The summed E-state index contributed by atoms with van der Waals surface area (Å²) in [6, 6.07) is 27.0. The van der Waals surface area contributed by atoms with Crippen molar-refractivity contribution in [3.8, 4) is 22.3 Å². The minimum absolute atomic E-state index is 0.316. The van der Waals surface area contributed by atoms with Crippen molar-refractivity contribution in [2.75, 3.05) is 0 Å². The molecule has 0 aliphatic heterocycles. The van der Waals surface area contributed by atoms with Gasteiger partial charge in [0.15, 0.2) is 17.5 Å². The van der Waals surface area contributed by atoms with E-state index in [0.717, 1.165) is 68.4 Å². The van der Waals surface area contributed by atoms with Crippen molar-refractivity contribution in [3.05, 3.63) is 126 Å². The Bertz CT molecular complexity index is 1870. The molecule has 0 nitrogen and oxygen atoms in total. The molecule has 0 aromatic heterocycles. The highest BCUT2D eigenvalue weighted by atomic mass is 19.2. The van der Waals surface area contributed by atoms with Crippen LogP contribution in [-0.4, -0.2) is 0 Å². The molecule has 0 radical (unpaired) electrons. The fraction of sp³-hybridized carbons (Fsp3) is 0.0588. The summed E-state index contributed by atoms with van der Waals surface area (Å²) < 4.78 is 42.1. The summed E-state index contributed by atoms with van der Waals surface area (Å²) in [6.45, 7) is 0. The standard InChI is InChI=1S/C34H21F3/c35-30-17-23(18-31(36)34(30)37)24-13-11-22-12-14-26-28(20-7-3-1-4-8-20)19-29(21-9-5-2-6-10-21)27-16-15-25(24)32(22)33(26)27/h2-3,5-19H,1,4H2. The molecule has 1 aliphatic rings. The summed E-state index contributed by atoms with van der Waals surface area (Å²) >= 11 is 0. The first-order chi connectivity index (χ1) is 18.1. The van der Waals surface area contributed by atoms with Crippen LogP contribution in [0.15, 0.2) is 103 Å². The molecule has 1 aliphatic carbocycles. The van der Waals surface area contributed by atoms with E-state index in [-0.39, 0.29) is 0 Å². The molecule has 0 saturated heterocycles. The maximum absolute atomic E-state index is 14.2. The molecule has 0 N–H and O–H groups in total. The van der Waals surface area contributed by atoms with E-state index < -0.39 is 17.5 Å². The molecule has 0 bridgehead atoms. The second kappa shape index (κ2) is 8.35. The zero-order chi connectivity index (χ0) is 25.1. The Morgan fingerprint density at radius 2 is 1.22 bits per heavy atom. The van der Waals surface area contributed by atoms with E-state index >= 15 is 0 Å². The molecule has 0 unspecified atom stereocenters. The summed E-state index contributed by atoms with van der Waals surface area (Å²) in [5.74, 6) is -3.83. The third-order valence-electron chi connectivity index (χ3n) is 7.47. The van der Waals surface area contributed by atoms with Crippen LogP contribution in [0.25, 0.3) is 60.1 Å². The first kappa shape index (κ1) is 21.9. The van der Waals surface area contributed by atoms with Crippen molar-refractivity contribution in [1.82, 2.24) is 0 Å². The van der Waals surface area contributed by atoms with E-state index in [9.17, 15) is 13.2 Å². The first-order valence-corrected chi connectivity index (χ1v) is 12.4. The van der Waals surface area contributed by atoms with Crippen molar-refractivity contribution in [2.24, 2.45) is 0 Å². The highest BCUT2D eigenvalue weighted by Crippen LogP contribution is 2.45. The molecule has 37 heavy (non-hydrogen) atoms. The summed E-state index contributed by atoms with van der Waals surface area (Å²) in [5.41, 5.74) is 5.62. The van der Waals surface area contributed by atoms with Crippen LogP contribution in [0.4, 0.5) is 13.2 Å². The second-order valence-electron chi connectivity index (χ2n) is 9.59. The van der Waals surface area contributed by atoms with Crippen LogP contribution in [0.5, 0.6) is 0 Å². The van der Waals surface area contributed by atoms with E-state index in [1.54, 1.807) is 0 Å². The number of allylic oxidation sites excluding steroid dienone is 4. The van der Waals surface area contributed by atoms with Gasteiger partial charge in [-0.2, -0.15) is 0 Å². The number of rotatable bonds is 3. The van der Waals surface area contributed by atoms with Crippen LogP contribution in [0.2, 0.25) is 0 Å². The highest BCUT2D eigenvalue weighted by molar-refractivity contribution is 6.29. The predicted octanol–water partition coefficient (Wildman–Crippen LogP) is 10.1. The van der Waals surface area contributed by atoms with Crippen LogP contribution in [0.1, 0.15) is 18.4 Å². The lowest BCUT2D eigenvalue weighted by Crippen LogP contribution is -1.96. The Morgan fingerprint density at radius 3 is 1.95 bits per heavy atom. The van der Waals surface area contributed by atoms with Crippen LogP contribution in [0.3, 0.4) is 0 Å². The topological polar surface area (TPSA) is 0 Å². The Labute approximate surface area is 212 Å². The minimum Gasteiger partial charge on any atom is -0.204 e. The maximum atomic E-state index is 14.2. The molecule has 6 aromatic rings. The second-order valence-corrected chi connectivity index (χ2v) is 9.59. The maximum Gasteiger partial charge on any atom is 0.194 e. The van der Waals surface area contributed by atoms with E-state index in [4.69, 9.17) is 0 Å². The lowest BCUT2D eigenvalue weighted by Gasteiger charge is -2.20. The Kier molecular flexibility index (Phi) is 4.93. The molecule has 6 aromatic carbocycles. The molecular weight excluding hydrogens is 465 g/mol. The summed E-state index contributed by atoms with van der Waals surface area (Å²) in [5, 5.41) is 6.35. The van der Waals surface area contributed by atoms with Crippen molar-refractivity contribution >= 4 is 37.9 Å². The molecule has 0 heterocycles. The minimum atomic E-state index is -1.45. The van der Waals surface area contributed by atoms with Crippen LogP contribution in [0, 0.1) is 17.5 Å². The SMILES string of the molecule is Fc1cc(-c2ccc3ccc4c(C5=CCCC=C5)cc(-c5ccccc5)c5ccc2c3c45)cc(F)c1F. The van der Waals surface area contributed by atoms with Crippen molar-refractivity contribution in [1.29, 1.82) is 0 Å². The van der Waals surface area contributed by atoms with Gasteiger partial charge < -0.3 is 0 Å². The van der Waals surface area contributed by atoms with E-state index in [2.05, 4.69) is 54.6 Å². The normalized spacial score (nSPS) is 13.6. The fourth-order valence-electron chi connectivity index (χ4n) is 5.77. The largest absolute Gasteiger partial charge is 0.204 e. The highest BCUT2D eigenvalue weighted by Gasteiger charge is 2.20. The van der Waals surface area contributed by atoms with Crippen LogP contribution >= 0.6 is 0 Å². The Morgan fingerprint density at radius 1 is 0.541 bits per heavy atom. The number of benzene rings is 6. The monoisotopic (exact) mass is 486 g/mol. The van der Waals surface area contributed by atoms with E-state index in [1.807, 2.05) is 36.4 Å². The molecule has 0 fully saturated rings. The number of hydrogen-bond donors (Lipinski definition) is 0. The number of hydrogen-bond acceptors (Lipinski definition) is 0. The van der Waals surface area contributed by atoms with Crippen molar-refractivity contribution < 1.29 is 13.2 Å². The van der Waals surface area contributed by atoms with Gasteiger partial charge in [-0.25, -0.2) is 13.2 Å². The lowest BCUT2D eigenvalue weighted by molar-refractivity contribution is 0.448. The quantitative estimate of drug-likeness (QED) is 0.172. The Hall–Kier alpha value is -4.37. The zero-order valence-electron chi connectivity index (χ0n) is 19.9. The average molecular weight is 487 g/mol. The molecule has 178 valence electrons. The lowest BCUT2D eigenvalue weighted by atomic mass is 9.83. The van der Waals surface area contributed by atoms with Crippen LogP contribution < -0.4 is 0 Å². The summed E-state index contributed by atoms with van der Waals surface area (Å²) in [7, 11) is 0. The molecule has 3 heteroatoms. The third-order valence-corrected chi connectivity index (χ3v) is 7.47. The average Bonchev–Trinajstić information content (AvgIpc) is 2.95. The van der Waals surface area contributed by atoms with E-state index in [1.165, 1.54) is 11.1 Å². The van der Waals surface area contributed by atoms with Gasteiger partial charge in [0.1, 0.15) is 0 Å². The molecule has 0 spiro atoms. The van der Waals surface area contributed by atoms with Crippen molar-refractivity contribution in [3.63, 3.8) is 0 Å². The van der Waals surface area contributed by atoms with Gasteiger partial charge in [0.2, 0.25) is 0 Å².